The lowest BCUT2D eigenvalue weighted by molar-refractivity contribution is 0.202. The highest BCUT2D eigenvalue weighted by Crippen LogP contribution is 2.27. The van der Waals surface area contributed by atoms with Crippen LogP contribution in [0.2, 0.25) is 0 Å². The van der Waals surface area contributed by atoms with E-state index in [2.05, 4.69) is 20.9 Å². The first-order valence-electron chi connectivity index (χ1n) is 5.79. The van der Waals surface area contributed by atoms with E-state index in [0.717, 1.165) is 11.1 Å². The van der Waals surface area contributed by atoms with Crippen LogP contribution in [0.25, 0.3) is 0 Å². The van der Waals surface area contributed by atoms with Gasteiger partial charge in [0.1, 0.15) is 0 Å². The zero-order chi connectivity index (χ0) is 11.4. The van der Waals surface area contributed by atoms with Gasteiger partial charge in [0.15, 0.2) is 0 Å². The van der Waals surface area contributed by atoms with Crippen molar-refractivity contribution in [3.8, 4) is 5.88 Å². The Labute approximate surface area is 105 Å². The molecule has 2 N–H and O–H groups in total. The second-order valence-electron chi connectivity index (χ2n) is 4.37. The van der Waals surface area contributed by atoms with Crippen molar-refractivity contribution in [2.75, 3.05) is 12.3 Å². The first-order valence-corrected chi connectivity index (χ1v) is 6.59. The molecule has 16 heavy (non-hydrogen) atoms. The van der Waals surface area contributed by atoms with Crippen LogP contribution in [0.15, 0.2) is 16.7 Å². The summed E-state index contributed by atoms with van der Waals surface area (Å²) in [6.07, 6.45) is 8.25. The van der Waals surface area contributed by atoms with Crippen molar-refractivity contribution >= 4 is 21.6 Å². The van der Waals surface area contributed by atoms with Gasteiger partial charge in [-0.25, -0.2) is 4.98 Å². The first-order chi connectivity index (χ1) is 7.75. The average Bonchev–Trinajstić information content (AvgIpc) is 2.29. The average molecular weight is 285 g/mol. The number of ether oxygens (including phenoxy) is 1. The van der Waals surface area contributed by atoms with Gasteiger partial charge in [0, 0.05) is 0 Å². The molecular formula is C12H17BrN2O. The van der Waals surface area contributed by atoms with Crippen LogP contribution in [0.3, 0.4) is 0 Å². The molecule has 4 heteroatoms. The van der Waals surface area contributed by atoms with Crippen molar-refractivity contribution in [2.24, 2.45) is 5.92 Å². The molecule has 0 bridgehead atoms. The predicted molar refractivity (Wildman–Crippen MR) is 68.4 cm³/mol. The van der Waals surface area contributed by atoms with Gasteiger partial charge in [0.2, 0.25) is 5.88 Å². The molecule has 1 heterocycles. The highest BCUT2D eigenvalue weighted by Gasteiger charge is 2.14. The minimum atomic E-state index is 0.650. The summed E-state index contributed by atoms with van der Waals surface area (Å²) < 4.78 is 6.55. The lowest BCUT2D eigenvalue weighted by atomic mass is 9.90. The van der Waals surface area contributed by atoms with E-state index >= 15 is 0 Å². The van der Waals surface area contributed by atoms with Crippen LogP contribution < -0.4 is 10.5 Å². The van der Waals surface area contributed by atoms with E-state index in [-0.39, 0.29) is 0 Å². The predicted octanol–water partition coefficient (Wildman–Crippen LogP) is 3.39. The third kappa shape index (κ3) is 3.11. The molecule has 0 aliphatic heterocycles. The van der Waals surface area contributed by atoms with Crippen molar-refractivity contribution in [2.45, 2.75) is 32.1 Å². The molecule has 88 valence electrons. The van der Waals surface area contributed by atoms with Crippen LogP contribution in [0.5, 0.6) is 5.88 Å². The quantitative estimate of drug-likeness (QED) is 0.926. The molecule has 0 radical (unpaired) electrons. The monoisotopic (exact) mass is 284 g/mol. The Morgan fingerprint density at radius 2 is 2.12 bits per heavy atom. The maximum absolute atomic E-state index is 5.72. The van der Waals surface area contributed by atoms with E-state index in [1.807, 2.05) is 6.07 Å². The van der Waals surface area contributed by atoms with Crippen molar-refractivity contribution in [3.63, 3.8) is 0 Å². The molecule has 1 aromatic rings. The van der Waals surface area contributed by atoms with Crippen LogP contribution in [-0.4, -0.2) is 11.6 Å². The van der Waals surface area contributed by atoms with E-state index in [1.165, 1.54) is 32.1 Å². The van der Waals surface area contributed by atoms with Crippen LogP contribution in [-0.2, 0) is 0 Å². The van der Waals surface area contributed by atoms with E-state index in [4.69, 9.17) is 10.5 Å². The van der Waals surface area contributed by atoms with Gasteiger partial charge < -0.3 is 10.5 Å². The summed E-state index contributed by atoms with van der Waals surface area (Å²) in [5.74, 6) is 1.35. The third-order valence-corrected chi connectivity index (χ3v) is 3.58. The summed E-state index contributed by atoms with van der Waals surface area (Å²) in [6.45, 7) is 0.773. The number of halogens is 1. The third-order valence-electron chi connectivity index (χ3n) is 3.01. The molecule has 0 spiro atoms. The van der Waals surface area contributed by atoms with Gasteiger partial charge in [-0.15, -0.1) is 0 Å². The van der Waals surface area contributed by atoms with Gasteiger partial charge in [0.25, 0.3) is 0 Å². The molecule has 0 unspecified atom stereocenters. The van der Waals surface area contributed by atoms with E-state index in [0.29, 0.717) is 17.5 Å². The zero-order valence-electron chi connectivity index (χ0n) is 9.29. The SMILES string of the molecule is Nc1cnc(OCC2CCCCC2)c(Br)c1. The summed E-state index contributed by atoms with van der Waals surface area (Å²) in [5, 5.41) is 0. The summed E-state index contributed by atoms with van der Waals surface area (Å²) in [6, 6.07) is 1.82. The normalized spacial score (nSPS) is 17.3. The minimum Gasteiger partial charge on any atom is -0.477 e. The molecule has 1 saturated carbocycles. The summed E-state index contributed by atoms with van der Waals surface area (Å²) in [4.78, 5) is 4.17. The molecule has 0 amide bonds. The fourth-order valence-electron chi connectivity index (χ4n) is 2.10. The van der Waals surface area contributed by atoms with Gasteiger partial charge in [-0.1, -0.05) is 19.3 Å². The highest BCUT2D eigenvalue weighted by molar-refractivity contribution is 9.10. The molecule has 1 aromatic heterocycles. The largest absolute Gasteiger partial charge is 0.477 e. The lowest BCUT2D eigenvalue weighted by Crippen LogP contribution is -2.15. The number of nitrogens with zero attached hydrogens (tertiary/aromatic N) is 1. The summed E-state index contributed by atoms with van der Waals surface area (Å²) in [5.41, 5.74) is 6.27. The van der Waals surface area contributed by atoms with Gasteiger partial charge in [-0.05, 0) is 40.8 Å². The number of hydrogen-bond donors (Lipinski definition) is 1. The maximum atomic E-state index is 5.72. The minimum absolute atomic E-state index is 0.650. The fraction of sp³-hybridized carbons (Fsp3) is 0.583. The molecule has 3 nitrogen and oxygen atoms in total. The Morgan fingerprint density at radius 1 is 1.38 bits per heavy atom. The standard InChI is InChI=1S/C12H17BrN2O/c13-11-6-10(14)7-15-12(11)16-8-9-4-2-1-3-5-9/h6-7,9H,1-5,8,14H2. The number of nitrogens with two attached hydrogens (primary N) is 1. The Kier molecular flexibility index (Phi) is 4.04. The number of rotatable bonds is 3. The first kappa shape index (κ1) is 11.7. The molecule has 0 aromatic carbocycles. The van der Waals surface area contributed by atoms with Gasteiger partial charge in [-0.2, -0.15) is 0 Å². The van der Waals surface area contributed by atoms with Crippen LogP contribution in [0.1, 0.15) is 32.1 Å². The molecule has 0 saturated heterocycles. The number of nitrogen functional groups attached to an aromatic ring is 1. The molecule has 1 fully saturated rings. The van der Waals surface area contributed by atoms with Gasteiger partial charge >= 0.3 is 0 Å². The molecule has 1 aliphatic rings. The summed E-state index contributed by atoms with van der Waals surface area (Å²) >= 11 is 3.40. The second kappa shape index (κ2) is 5.53. The van der Waals surface area contributed by atoms with Gasteiger partial charge in [-0.3, -0.25) is 0 Å². The maximum Gasteiger partial charge on any atom is 0.228 e. The molecule has 0 atom stereocenters. The van der Waals surface area contributed by atoms with Crippen LogP contribution in [0, 0.1) is 5.92 Å². The topological polar surface area (TPSA) is 48.1 Å². The number of hydrogen-bond acceptors (Lipinski definition) is 3. The Morgan fingerprint density at radius 3 is 2.81 bits per heavy atom. The lowest BCUT2D eigenvalue weighted by Gasteiger charge is -2.21. The van der Waals surface area contributed by atoms with E-state index < -0.39 is 0 Å². The van der Waals surface area contributed by atoms with Gasteiger partial charge in [0.05, 0.1) is 23.0 Å². The fourth-order valence-corrected chi connectivity index (χ4v) is 2.58. The Hall–Kier alpha value is -0.770. The zero-order valence-corrected chi connectivity index (χ0v) is 10.9. The highest BCUT2D eigenvalue weighted by atomic mass is 79.9. The molecule has 1 aliphatic carbocycles. The van der Waals surface area contributed by atoms with Crippen molar-refractivity contribution in [1.29, 1.82) is 0 Å². The molecular weight excluding hydrogens is 268 g/mol. The van der Waals surface area contributed by atoms with Crippen molar-refractivity contribution in [3.05, 3.63) is 16.7 Å². The Bertz CT molecular complexity index is 351. The van der Waals surface area contributed by atoms with E-state index in [1.54, 1.807) is 6.20 Å². The number of aromatic nitrogens is 1. The van der Waals surface area contributed by atoms with Crippen LogP contribution >= 0.6 is 15.9 Å². The number of pyridine rings is 1. The van der Waals surface area contributed by atoms with Crippen molar-refractivity contribution < 1.29 is 4.74 Å². The number of anilines is 1. The Balaban J connectivity index is 1.88. The molecule has 2 rings (SSSR count). The van der Waals surface area contributed by atoms with Crippen LogP contribution in [0.4, 0.5) is 5.69 Å². The van der Waals surface area contributed by atoms with E-state index in [9.17, 15) is 0 Å². The smallest absolute Gasteiger partial charge is 0.228 e. The summed E-state index contributed by atoms with van der Waals surface area (Å²) in [7, 11) is 0. The second-order valence-corrected chi connectivity index (χ2v) is 5.23. The van der Waals surface area contributed by atoms with Crippen molar-refractivity contribution in [1.82, 2.24) is 4.98 Å².